The third-order valence-electron chi connectivity index (χ3n) is 3.65. The van der Waals surface area contributed by atoms with E-state index < -0.39 is 10.0 Å². The minimum atomic E-state index is -3.29. The molecular formula is C13H18N4O2S2. The Labute approximate surface area is 128 Å². The Morgan fingerprint density at radius 2 is 2.00 bits per heavy atom. The summed E-state index contributed by atoms with van der Waals surface area (Å²) in [6.07, 6.45) is 5.51. The number of nitrogens with zero attached hydrogens (tertiary/aromatic N) is 4. The van der Waals surface area contributed by atoms with E-state index in [9.17, 15) is 8.42 Å². The van der Waals surface area contributed by atoms with Crippen LogP contribution >= 0.6 is 11.3 Å². The average Bonchev–Trinajstić information content (AvgIpc) is 3.19. The lowest BCUT2D eigenvalue weighted by molar-refractivity contribution is 0.183. The van der Waals surface area contributed by atoms with Gasteiger partial charge in [0.2, 0.25) is 0 Å². The molecule has 8 heteroatoms. The van der Waals surface area contributed by atoms with E-state index in [1.807, 2.05) is 10.8 Å². The molecule has 1 fully saturated rings. The number of thiophene rings is 1. The molecule has 3 rings (SSSR count). The first-order valence-corrected chi connectivity index (χ1v) is 9.20. The van der Waals surface area contributed by atoms with E-state index in [0.29, 0.717) is 17.3 Å². The van der Waals surface area contributed by atoms with Gasteiger partial charge in [-0.2, -0.15) is 4.31 Å². The standard InChI is InChI=1S/C13H18N4O2S2/c18-21(19,13-2-1-11-20-13)17-9-7-15(8-10-17)5-6-16-4-3-14-12-16/h1-4,11-12H,5-10H2. The van der Waals surface area contributed by atoms with Crippen LogP contribution in [0.2, 0.25) is 0 Å². The van der Waals surface area contributed by atoms with Crippen LogP contribution in [0.25, 0.3) is 0 Å². The minimum Gasteiger partial charge on any atom is -0.336 e. The Kier molecular flexibility index (Phi) is 4.39. The summed E-state index contributed by atoms with van der Waals surface area (Å²) < 4.78 is 28.9. The Morgan fingerprint density at radius 3 is 2.62 bits per heavy atom. The molecule has 0 aliphatic carbocycles. The lowest BCUT2D eigenvalue weighted by atomic mass is 10.3. The zero-order valence-corrected chi connectivity index (χ0v) is 13.3. The Balaban J connectivity index is 1.53. The van der Waals surface area contributed by atoms with Crippen molar-refractivity contribution in [2.75, 3.05) is 32.7 Å². The smallest absolute Gasteiger partial charge is 0.252 e. The summed E-state index contributed by atoms with van der Waals surface area (Å²) >= 11 is 1.28. The van der Waals surface area contributed by atoms with E-state index in [-0.39, 0.29) is 0 Å². The van der Waals surface area contributed by atoms with Crippen molar-refractivity contribution < 1.29 is 8.42 Å². The van der Waals surface area contributed by atoms with Crippen LogP contribution in [0, 0.1) is 0 Å². The van der Waals surface area contributed by atoms with Crippen molar-refractivity contribution in [2.45, 2.75) is 10.8 Å². The van der Waals surface area contributed by atoms with Gasteiger partial charge in [-0.25, -0.2) is 13.4 Å². The number of sulfonamides is 1. The van der Waals surface area contributed by atoms with E-state index in [4.69, 9.17) is 0 Å². The molecule has 1 aliphatic heterocycles. The van der Waals surface area contributed by atoms with Crippen LogP contribution in [-0.2, 0) is 16.6 Å². The van der Waals surface area contributed by atoms with Crippen LogP contribution in [0.3, 0.4) is 0 Å². The molecule has 2 aromatic rings. The van der Waals surface area contributed by atoms with Crippen LogP contribution < -0.4 is 0 Å². The molecule has 114 valence electrons. The molecule has 0 spiro atoms. The number of hydrogen-bond donors (Lipinski definition) is 0. The van der Waals surface area contributed by atoms with E-state index >= 15 is 0 Å². The zero-order chi connectivity index (χ0) is 14.7. The van der Waals surface area contributed by atoms with Crippen molar-refractivity contribution in [1.29, 1.82) is 0 Å². The summed E-state index contributed by atoms with van der Waals surface area (Å²) in [5, 5.41) is 1.80. The summed E-state index contributed by atoms with van der Waals surface area (Å²) in [7, 11) is -3.29. The molecule has 1 aliphatic rings. The third kappa shape index (κ3) is 3.34. The van der Waals surface area contributed by atoms with E-state index in [1.165, 1.54) is 11.3 Å². The zero-order valence-electron chi connectivity index (χ0n) is 11.6. The fourth-order valence-corrected chi connectivity index (χ4v) is 4.97. The monoisotopic (exact) mass is 326 g/mol. The molecule has 0 aromatic carbocycles. The predicted octanol–water partition coefficient (Wildman–Crippen LogP) is 0.951. The van der Waals surface area contributed by atoms with Crippen molar-refractivity contribution in [2.24, 2.45) is 0 Å². The first-order valence-electron chi connectivity index (χ1n) is 6.88. The molecule has 0 bridgehead atoms. The van der Waals surface area contributed by atoms with Gasteiger partial charge in [-0.05, 0) is 11.4 Å². The molecule has 0 atom stereocenters. The third-order valence-corrected chi connectivity index (χ3v) is 6.93. The first-order chi connectivity index (χ1) is 10.2. The van der Waals surface area contributed by atoms with Crippen molar-refractivity contribution >= 4 is 21.4 Å². The van der Waals surface area contributed by atoms with Gasteiger partial charge in [-0.15, -0.1) is 11.3 Å². The summed E-state index contributed by atoms with van der Waals surface area (Å²) in [6, 6.07) is 3.45. The minimum absolute atomic E-state index is 0.439. The van der Waals surface area contributed by atoms with E-state index in [1.54, 1.807) is 34.3 Å². The number of piperazine rings is 1. The normalized spacial score (nSPS) is 18.1. The Bertz CT molecular complexity index is 644. The molecule has 0 amide bonds. The molecule has 2 aromatic heterocycles. The highest BCUT2D eigenvalue weighted by atomic mass is 32.2. The van der Waals surface area contributed by atoms with Crippen LogP contribution in [0.5, 0.6) is 0 Å². The second-order valence-corrected chi connectivity index (χ2v) is 8.09. The molecule has 0 radical (unpaired) electrons. The van der Waals surface area contributed by atoms with Crippen molar-refractivity contribution in [3.63, 3.8) is 0 Å². The average molecular weight is 326 g/mol. The van der Waals surface area contributed by atoms with Crippen LogP contribution in [0.4, 0.5) is 0 Å². The van der Waals surface area contributed by atoms with Gasteiger partial charge in [0.15, 0.2) is 0 Å². The fraction of sp³-hybridized carbons (Fsp3) is 0.462. The molecule has 6 nitrogen and oxygen atoms in total. The fourth-order valence-electron chi connectivity index (χ4n) is 2.41. The second-order valence-electron chi connectivity index (χ2n) is 4.98. The molecule has 3 heterocycles. The van der Waals surface area contributed by atoms with Crippen molar-refractivity contribution in [3.8, 4) is 0 Å². The first kappa shape index (κ1) is 14.7. The van der Waals surface area contributed by atoms with Crippen LogP contribution in [0.15, 0.2) is 40.4 Å². The van der Waals surface area contributed by atoms with Gasteiger partial charge in [0.05, 0.1) is 6.33 Å². The molecule has 0 unspecified atom stereocenters. The topological polar surface area (TPSA) is 58.4 Å². The summed E-state index contributed by atoms with van der Waals surface area (Å²) in [5.41, 5.74) is 0. The Hall–Kier alpha value is -1.22. The second kappa shape index (κ2) is 6.27. The number of imidazole rings is 1. The van der Waals surface area contributed by atoms with Crippen molar-refractivity contribution in [3.05, 3.63) is 36.2 Å². The van der Waals surface area contributed by atoms with Gasteiger partial charge in [0.1, 0.15) is 4.21 Å². The Morgan fingerprint density at radius 1 is 1.19 bits per heavy atom. The summed E-state index contributed by atoms with van der Waals surface area (Å²) in [6.45, 7) is 4.48. The highest BCUT2D eigenvalue weighted by Crippen LogP contribution is 2.21. The number of aromatic nitrogens is 2. The van der Waals surface area contributed by atoms with Crippen LogP contribution in [0.1, 0.15) is 0 Å². The van der Waals surface area contributed by atoms with Gasteiger partial charge in [0.25, 0.3) is 10.0 Å². The van der Waals surface area contributed by atoms with Gasteiger partial charge in [-0.3, -0.25) is 4.90 Å². The van der Waals surface area contributed by atoms with Crippen LogP contribution in [-0.4, -0.2) is 59.9 Å². The molecular weight excluding hydrogens is 308 g/mol. The maximum absolute atomic E-state index is 12.4. The van der Waals surface area contributed by atoms with Gasteiger partial charge in [0, 0.05) is 51.7 Å². The largest absolute Gasteiger partial charge is 0.336 e. The van der Waals surface area contributed by atoms with Gasteiger partial charge < -0.3 is 4.57 Å². The highest BCUT2D eigenvalue weighted by Gasteiger charge is 2.28. The lowest BCUT2D eigenvalue weighted by Gasteiger charge is -2.33. The quantitative estimate of drug-likeness (QED) is 0.821. The van der Waals surface area contributed by atoms with E-state index in [2.05, 4.69) is 9.88 Å². The SMILES string of the molecule is O=S(=O)(c1cccs1)N1CCN(CCn2ccnc2)CC1. The molecule has 0 N–H and O–H groups in total. The highest BCUT2D eigenvalue weighted by molar-refractivity contribution is 7.91. The molecule has 0 saturated carbocycles. The summed E-state index contributed by atoms with van der Waals surface area (Å²) in [5.74, 6) is 0. The summed E-state index contributed by atoms with van der Waals surface area (Å²) in [4.78, 5) is 6.31. The maximum atomic E-state index is 12.4. The van der Waals surface area contributed by atoms with Crippen molar-refractivity contribution in [1.82, 2.24) is 18.8 Å². The lowest BCUT2D eigenvalue weighted by Crippen LogP contribution is -2.49. The van der Waals surface area contributed by atoms with Gasteiger partial charge in [-0.1, -0.05) is 6.07 Å². The number of hydrogen-bond acceptors (Lipinski definition) is 5. The number of rotatable bonds is 5. The molecule has 21 heavy (non-hydrogen) atoms. The van der Waals surface area contributed by atoms with Gasteiger partial charge >= 0.3 is 0 Å². The van der Waals surface area contributed by atoms with E-state index in [0.717, 1.165) is 26.2 Å². The maximum Gasteiger partial charge on any atom is 0.252 e. The molecule has 1 saturated heterocycles. The predicted molar refractivity (Wildman–Crippen MR) is 81.7 cm³/mol.